The lowest BCUT2D eigenvalue weighted by Gasteiger charge is -2.31. The molecule has 0 bridgehead atoms. The Labute approximate surface area is 324 Å². The van der Waals surface area contributed by atoms with Gasteiger partial charge in [0.1, 0.15) is 19.2 Å². The molecule has 0 radical (unpaired) electrons. The van der Waals surface area contributed by atoms with Crippen LogP contribution in [0.15, 0.2) is 41.3 Å². The minimum absolute atomic E-state index is 0.00191. The molecule has 0 spiro atoms. The van der Waals surface area contributed by atoms with E-state index in [2.05, 4.69) is 20.9 Å². The fourth-order valence-corrected chi connectivity index (χ4v) is 7.26. The number of rotatable bonds is 16. The normalized spacial score (nSPS) is 16.8. The van der Waals surface area contributed by atoms with Crippen molar-refractivity contribution >= 4 is 40.5 Å². The first kappa shape index (κ1) is 39.1. The van der Waals surface area contributed by atoms with Gasteiger partial charge in [-0.2, -0.15) is 0 Å². The van der Waals surface area contributed by atoms with Crippen molar-refractivity contribution in [1.29, 1.82) is 0 Å². The van der Waals surface area contributed by atoms with Crippen molar-refractivity contribution in [3.63, 3.8) is 0 Å². The summed E-state index contributed by atoms with van der Waals surface area (Å²) in [6.45, 7) is 3.61. The molecule has 298 valence electrons. The Balaban J connectivity index is 0.929. The van der Waals surface area contributed by atoms with Crippen LogP contribution in [0.3, 0.4) is 0 Å². The first-order chi connectivity index (χ1) is 27.4. The SMILES string of the molecule is CC[C@@]1(O)C(=O)OCc2c1cc1n(c2=O)Cc2c-1nc1cc(F)c(C)cc1c2Cn1cc(CCOCNC(=O)CNC(=O)CCCCCN2C(=O)C=CC2=O)nn1. The summed E-state index contributed by atoms with van der Waals surface area (Å²) in [6.07, 6.45) is 6.58. The van der Waals surface area contributed by atoms with Gasteiger partial charge >= 0.3 is 5.97 Å². The Morgan fingerprint density at radius 3 is 2.60 bits per heavy atom. The van der Waals surface area contributed by atoms with Crippen LogP contribution in [-0.4, -0.2) is 90.6 Å². The van der Waals surface area contributed by atoms with Gasteiger partial charge in [0.15, 0.2) is 5.60 Å². The summed E-state index contributed by atoms with van der Waals surface area (Å²) in [4.78, 5) is 79.8. The van der Waals surface area contributed by atoms with Crippen LogP contribution in [0.5, 0.6) is 0 Å². The largest absolute Gasteiger partial charge is 0.458 e. The predicted molar refractivity (Wildman–Crippen MR) is 198 cm³/mol. The molecule has 17 nitrogen and oxygen atoms in total. The number of halogens is 1. The first-order valence-corrected chi connectivity index (χ1v) is 18.7. The Hall–Kier alpha value is -6.14. The number of hydrogen-bond donors (Lipinski definition) is 3. The maximum Gasteiger partial charge on any atom is 0.343 e. The van der Waals surface area contributed by atoms with Crippen LogP contribution in [0.25, 0.3) is 22.3 Å². The standard InChI is InChI=1S/C39H41FN8O9/c1-3-39(55)28-14-31-36-26(19-48(31)37(53)27(28)20-57-38(39)54)25(24-13-22(2)29(40)15-30(24)43-36)18-46-17-23(44-45-46)10-12-56-21-42-33(50)16-41-32(49)7-5-4-6-11-47-34(51)8-9-35(47)52/h8-9,13-15,17,55H,3-7,10-12,16,18-21H2,1-2H3,(H,41,49)(H,42,50)/t39-/m0/s1. The van der Waals surface area contributed by atoms with Gasteiger partial charge in [-0.05, 0) is 49.4 Å². The van der Waals surface area contributed by atoms with E-state index in [4.69, 9.17) is 14.5 Å². The van der Waals surface area contributed by atoms with Gasteiger partial charge in [0.2, 0.25) is 11.8 Å². The van der Waals surface area contributed by atoms with Crippen LogP contribution in [-0.2, 0) is 65.2 Å². The predicted octanol–water partition coefficient (Wildman–Crippen LogP) is 1.40. The zero-order chi connectivity index (χ0) is 40.4. The maximum absolute atomic E-state index is 14.9. The number of aliphatic hydroxyl groups is 1. The highest BCUT2D eigenvalue weighted by Crippen LogP contribution is 2.40. The lowest BCUT2D eigenvalue weighted by Crippen LogP contribution is -2.44. The molecule has 3 N–H and O–H groups in total. The summed E-state index contributed by atoms with van der Waals surface area (Å²) >= 11 is 0. The number of hydrogen-bond acceptors (Lipinski definition) is 12. The Morgan fingerprint density at radius 2 is 1.82 bits per heavy atom. The number of imide groups is 1. The van der Waals surface area contributed by atoms with Gasteiger partial charge in [-0.3, -0.25) is 28.9 Å². The van der Waals surface area contributed by atoms with Crippen molar-refractivity contribution in [3.8, 4) is 11.4 Å². The lowest BCUT2D eigenvalue weighted by molar-refractivity contribution is -0.172. The minimum atomic E-state index is -1.98. The van der Waals surface area contributed by atoms with Crippen LogP contribution < -0.4 is 16.2 Å². The smallest absolute Gasteiger partial charge is 0.343 e. The number of nitrogens with zero attached hydrogens (tertiary/aromatic N) is 6. The van der Waals surface area contributed by atoms with Crippen LogP contribution in [0, 0.1) is 12.7 Å². The highest BCUT2D eigenvalue weighted by atomic mass is 19.1. The number of esters is 1. The summed E-state index contributed by atoms with van der Waals surface area (Å²) in [5.74, 6) is -2.63. The average Bonchev–Trinajstić information content (AvgIpc) is 3.89. The molecule has 1 aromatic carbocycles. The van der Waals surface area contributed by atoms with Gasteiger partial charge in [-0.15, -0.1) is 5.10 Å². The Bertz CT molecular complexity index is 2390. The molecular formula is C39H41FN8O9. The monoisotopic (exact) mass is 784 g/mol. The molecule has 3 aromatic heterocycles. The van der Waals surface area contributed by atoms with Crippen LogP contribution in [0.2, 0.25) is 0 Å². The molecule has 6 heterocycles. The molecule has 3 aliphatic heterocycles. The zero-order valence-electron chi connectivity index (χ0n) is 31.4. The van der Waals surface area contributed by atoms with Crippen molar-refractivity contribution in [3.05, 3.63) is 86.2 Å². The number of carbonyl (C=O) groups is 5. The van der Waals surface area contributed by atoms with Crippen molar-refractivity contribution in [1.82, 2.24) is 40.1 Å². The Kier molecular flexibility index (Phi) is 11.1. The van der Waals surface area contributed by atoms with Crippen molar-refractivity contribution in [2.24, 2.45) is 0 Å². The number of unbranched alkanes of at least 4 members (excludes halogenated alkanes) is 2. The fraction of sp³-hybridized carbons (Fsp3) is 0.410. The number of benzene rings is 1. The van der Waals surface area contributed by atoms with Gasteiger partial charge in [0, 0.05) is 60.3 Å². The lowest BCUT2D eigenvalue weighted by atomic mass is 9.86. The van der Waals surface area contributed by atoms with Gasteiger partial charge in [0.05, 0.1) is 54.4 Å². The molecule has 7 rings (SSSR count). The average molecular weight is 785 g/mol. The molecule has 0 aliphatic carbocycles. The highest BCUT2D eigenvalue weighted by molar-refractivity contribution is 6.12. The number of fused-ring (bicyclic) bond motifs is 5. The van der Waals surface area contributed by atoms with Gasteiger partial charge in [-0.1, -0.05) is 18.6 Å². The van der Waals surface area contributed by atoms with E-state index < -0.39 is 28.9 Å². The fourth-order valence-electron chi connectivity index (χ4n) is 7.26. The number of nitrogens with one attached hydrogen (secondary N) is 2. The topological polar surface area (TPSA) is 217 Å². The molecule has 18 heteroatoms. The molecule has 0 saturated carbocycles. The van der Waals surface area contributed by atoms with Crippen molar-refractivity contribution in [2.45, 2.75) is 77.7 Å². The number of aryl methyl sites for hydroxylation is 1. The second kappa shape index (κ2) is 16.1. The minimum Gasteiger partial charge on any atom is -0.458 e. The molecule has 57 heavy (non-hydrogen) atoms. The maximum atomic E-state index is 14.9. The quantitative estimate of drug-likeness (QED) is 0.0560. The van der Waals surface area contributed by atoms with Crippen LogP contribution >= 0.6 is 0 Å². The van der Waals surface area contributed by atoms with E-state index in [1.807, 2.05) is 0 Å². The van der Waals surface area contributed by atoms with E-state index in [0.717, 1.165) is 16.0 Å². The van der Waals surface area contributed by atoms with Gasteiger partial charge < -0.3 is 29.8 Å². The summed E-state index contributed by atoms with van der Waals surface area (Å²) in [5.41, 5.74) is 1.70. The third kappa shape index (κ3) is 7.82. The summed E-state index contributed by atoms with van der Waals surface area (Å²) in [5, 5.41) is 25.6. The van der Waals surface area contributed by atoms with E-state index in [1.54, 1.807) is 36.9 Å². The second-order valence-corrected chi connectivity index (χ2v) is 14.2. The van der Waals surface area contributed by atoms with Gasteiger partial charge in [-0.25, -0.2) is 18.9 Å². The number of pyridine rings is 2. The van der Waals surface area contributed by atoms with E-state index in [-0.39, 0.29) is 81.3 Å². The van der Waals surface area contributed by atoms with E-state index in [9.17, 15) is 38.3 Å². The number of cyclic esters (lactones) is 1. The first-order valence-electron chi connectivity index (χ1n) is 18.7. The number of aromatic nitrogens is 5. The zero-order valence-corrected chi connectivity index (χ0v) is 31.4. The summed E-state index contributed by atoms with van der Waals surface area (Å²) in [7, 11) is 0. The molecule has 3 aliphatic rings. The molecular weight excluding hydrogens is 743 g/mol. The van der Waals surface area contributed by atoms with Crippen LogP contribution in [0.1, 0.15) is 72.5 Å². The molecule has 0 fully saturated rings. The molecule has 0 unspecified atom stereocenters. The number of carbonyl (C=O) groups excluding carboxylic acids is 5. The molecule has 1 atom stereocenters. The highest BCUT2D eigenvalue weighted by Gasteiger charge is 2.45. The van der Waals surface area contributed by atoms with Crippen molar-refractivity contribution < 1.29 is 42.9 Å². The molecule has 4 amide bonds. The molecule has 4 aromatic rings. The van der Waals surface area contributed by atoms with E-state index in [1.165, 1.54) is 22.8 Å². The second-order valence-electron chi connectivity index (χ2n) is 14.2. The third-order valence-corrected chi connectivity index (χ3v) is 10.5. The van der Waals surface area contributed by atoms with E-state index in [0.29, 0.717) is 65.8 Å². The number of ether oxygens (including phenoxy) is 2. The summed E-state index contributed by atoms with van der Waals surface area (Å²) in [6, 6.07) is 4.67. The summed E-state index contributed by atoms with van der Waals surface area (Å²) < 4.78 is 28.8. The third-order valence-electron chi connectivity index (χ3n) is 10.5. The molecule has 0 saturated heterocycles. The van der Waals surface area contributed by atoms with Crippen LogP contribution in [0.4, 0.5) is 4.39 Å². The Morgan fingerprint density at radius 1 is 1.04 bits per heavy atom. The van der Waals surface area contributed by atoms with E-state index >= 15 is 0 Å². The van der Waals surface area contributed by atoms with Crippen molar-refractivity contribution in [2.75, 3.05) is 26.4 Å². The number of amides is 4. The van der Waals surface area contributed by atoms with Gasteiger partial charge in [0.25, 0.3) is 17.4 Å².